The van der Waals surface area contributed by atoms with Crippen LogP contribution in [0.25, 0.3) is 0 Å². The van der Waals surface area contributed by atoms with Gasteiger partial charge in [0, 0.05) is 17.5 Å². The molecular weight excluding hydrogens is 160 g/mol. The van der Waals surface area contributed by atoms with E-state index in [1.165, 1.54) is 18.2 Å². The highest BCUT2D eigenvalue weighted by Crippen LogP contribution is 2.41. The first-order valence-corrected chi connectivity index (χ1v) is 3.89. The molecule has 3 heteroatoms. The lowest BCUT2D eigenvalue weighted by atomic mass is 10.1. The van der Waals surface area contributed by atoms with Gasteiger partial charge in [0.25, 0.3) is 0 Å². The molecule has 0 aliphatic heterocycles. The zero-order valence-electron chi connectivity index (χ0n) is 6.43. The molecule has 0 saturated heterocycles. The third kappa shape index (κ3) is 1.10. The molecule has 1 saturated carbocycles. The summed E-state index contributed by atoms with van der Waals surface area (Å²) in [5.41, 5.74) is 5.66. The highest BCUT2D eigenvalue weighted by Gasteiger charge is 2.38. The summed E-state index contributed by atoms with van der Waals surface area (Å²) in [6.07, 6.45) is 0.692. The van der Waals surface area contributed by atoms with E-state index in [9.17, 15) is 8.78 Å². The van der Waals surface area contributed by atoms with Crippen LogP contribution in [-0.4, -0.2) is 6.04 Å². The molecule has 2 N–H and O–H groups in total. The first-order valence-electron chi connectivity index (χ1n) is 3.89. The van der Waals surface area contributed by atoms with Crippen molar-refractivity contribution in [2.75, 3.05) is 0 Å². The van der Waals surface area contributed by atoms with Crippen molar-refractivity contribution in [1.82, 2.24) is 0 Å². The summed E-state index contributed by atoms with van der Waals surface area (Å²) in [4.78, 5) is 0. The maximum Gasteiger partial charge on any atom is 0.129 e. The minimum atomic E-state index is -0.479. The SMILES string of the molecule is N[C@@H]1C[C@@H]1c1c(F)cccc1F. The highest BCUT2D eigenvalue weighted by atomic mass is 19.1. The van der Waals surface area contributed by atoms with Crippen molar-refractivity contribution in [3.63, 3.8) is 0 Å². The molecule has 2 atom stereocenters. The normalized spacial score (nSPS) is 27.2. The standard InChI is InChI=1S/C9H9F2N/c10-6-2-1-3-7(11)9(6)5-4-8(5)12/h1-3,5,8H,4,12H2/t5-,8+/m0/s1. The topological polar surface area (TPSA) is 26.0 Å². The van der Waals surface area contributed by atoms with Crippen LogP contribution in [0.1, 0.15) is 17.9 Å². The Morgan fingerprint density at radius 2 is 1.75 bits per heavy atom. The van der Waals surface area contributed by atoms with Crippen LogP contribution in [0.2, 0.25) is 0 Å². The number of benzene rings is 1. The number of nitrogens with two attached hydrogens (primary N) is 1. The molecule has 1 fully saturated rings. The lowest BCUT2D eigenvalue weighted by Gasteiger charge is -2.01. The summed E-state index contributed by atoms with van der Waals surface area (Å²) in [5.74, 6) is -1.06. The second-order valence-electron chi connectivity index (χ2n) is 3.14. The summed E-state index contributed by atoms with van der Waals surface area (Å²) >= 11 is 0. The Morgan fingerprint density at radius 1 is 1.25 bits per heavy atom. The van der Waals surface area contributed by atoms with Gasteiger partial charge in [0.15, 0.2) is 0 Å². The molecule has 0 radical (unpaired) electrons. The van der Waals surface area contributed by atoms with Crippen molar-refractivity contribution in [3.8, 4) is 0 Å². The average molecular weight is 169 g/mol. The van der Waals surface area contributed by atoms with Gasteiger partial charge in [-0.05, 0) is 18.6 Å². The number of hydrogen-bond acceptors (Lipinski definition) is 1. The van der Waals surface area contributed by atoms with Crippen LogP contribution >= 0.6 is 0 Å². The smallest absolute Gasteiger partial charge is 0.129 e. The molecule has 0 aromatic heterocycles. The summed E-state index contributed by atoms with van der Waals surface area (Å²) in [7, 11) is 0. The van der Waals surface area contributed by atoms with Gasteiger partial charge >= 0.3 is 0 Å². The van der Waals surface area contributed by atoms with Gasteiger partial charge in [0.1, 0.15) is 11.6 Å². The molecule has 0 amide bonds. The first-order chi connectivity index (χ1) is 5.70. The van der Waals surface area contributed by atoms with Crippen molar-refractivity contribution in [1.29, 1.82) is 0 Å². The van der Waals surface area contributed by atoms with Gasteiger partial charge in [-0.25, -0.2) is 8.78 Å². The van der Waals surface area contributed by atoms with Gasteiger partial charge in [0.2, 0.25) is 0 Å². The molecule has 0 bridgehead atoms. The molecule has 64 valence electrons. The Kier molecular flexibility index (Phi) is 1.61. The summed E-state index contributed by atoms with van der Waals surface area (Å²) in [5, 5.41) is 0. The van der Waals surface area contributed by atoms with Crippen molar-refractivity contribution in [3.05, 3.63) is 35.4 Å². The zero-order valence-corrected chi connectivity index (χ0v) is 6.43. The molecule has 0 spiro atoms. The molecular formula is C9H9F2N. The fourth-order valence-corrected chi connectivity index (χ4v) is 1.41. The number of rotatable bonds is 1. The first kappa shape index (κ1) is 7.68. The minimum Gasteiger partial charge on any atom is -0.327 e. The van der Waals surface area contributed by atoms with Crippen molar-refractivity contribution >= 4 is 0 Å². The maximum atomic E-state index is 13.0. The molecule has 1 nitrogen and oxygen atoms in total. The fraction of sp³-hybridized carbons (Fsp3) is 0.333. The third-order valence-corrected chi connectivity index (χ3v) is 2.21. The predicted molar refractivity (Wildman–Crippen MR) is 41.7 cm³/mol. The summed E-state index contributed by atoms with van der Waals surface area (Å²) < 4.78 is 26.0. The second kappa shape index (κ2) is 2.52. The van der Waals surface area contributed by atoms with Gasteiger partial charge in [0.05, 0.1) is 0 Å². The molecule has 1 aromatic carbocycles. The van der Waals surface area contributed by atoms with Crippen molar-refractivity contribution in [2.45, 2.75) is 18.4 Å². The lowest BCUT2D eigenvalue weighted by molar-refractivity contribution is 0.555. The van der Waals surface area contributed by atoms with E-state index < -0.39 is 11.6 Å². The van der Waals surface area contributed by atoms with Crippen LogP contribution in [-0.2, 0) is 0 Å². The fourth-order valence-electron chi connectivity index (χ4n) is 1.41. The van der Waals surface area contributed by atoms with Gasteiger partial charge < -0.3 is 5.73 Å². The molecule has 1 aliphatic carbocycles. The predicted octanol–water partition coefficient (Wildman–Crippen LogP) is 1.78. The third-order valence-electron chi connectivity index (χ3n) is 2.21. The molecule has 1 aliphatic rings. The van der Waals surface area contributed by atoms with E-state index in [2.05, 4.69) is 0 Å². The molecule has 12 heavy (non-hydrogen) atoms. The maximum absolute atomic E-state index is 13.0. The van der Waals surface area contributed by atoms with Crippen LogP contribution in [0.4, 0.5) is 8.78 Å². The monoisotopic (exact) mass is 169 g/mol. The zero-order chi connectivity index (χ0) is 8.72. The van der Waals surface area contributed by atoms with Crippen LogP contribution in [0, 0.1) is 11.6 Å². The average Bonchev–Trinajstić information content (AvgIpc) is 2.67. The van der Waals surface area contributed by atoms with E-state index in [-0.39, 0.29) is 17.5 Å². The minimum absolute atomic E-state index is 0.0589. The molecule has 0 unspecified atom stereocenters. The van der Waals surface area contributed by atoms with Gasteiger partial charge in [-0.2, -0.15) is 0 Å². The quantitative estimate of drug-likeness (QED) is 0.681. The Labute approximate surface area is 69.2 Å². The van der Waals surface area contributed by atoms with Crippen LogP contribution in [0.3, 0.4) is 0 Å². The van der Waals surface area contributed by atoms with Gasteiger partial charge in [-0.3, -0.25) is 0 Å². The Bertz CT molecular complexity index is 291. The van der Waals surface area contributed by atoms with Crippen molar-refractivity contribution in [2.24, 2.45) is 5.73 Å². The van der Waals surface area contributed by atoms with E-state index in [1.54, 1.807) is 0 Å². The van der Waals surface area contributed by atoms with E-state index in [1.807, 2.05) is 0 Å². The summed E-state index contributed by atoms with van der Waals surface area (Å²) in [6.45, 7) is 0. The Morgan fingerprint density at radius 3 is 2.17 bits per heavy atom. The second-order valence-corrected chi connectivity index (χ2v) is 3.14. The largest absolute Gasteiger partial charge is 0.327 e. The van der Waals surface area contributed by atoms with E-state index in [0.29, 0.717) is 6.42 Å². The lowest BCUT2D eigenvalue weighted by Crippen LogP contribution is -2.03. The van der Waals surface area contributed by atoms with E-state index >= 15 is 0 Å². The number of halogens is 2. The van der Waals surface area contributed by atoms with Crippen LogP contribution in [0.15, 0.2) is 18.2 Å². The highest BCUT2D eigenvalue weighted by molar-refractivity contribution is 5.30. The molecule has 0 heterocycles. The van der Waals surface area contributed by atoms with E-state index in [0.717, 1.165) is 0 Å². The van der Waals surface area contributed by atoms with Crippen LogP contribution in [0.5, 0.6) is 0 Å². The molecule has 1 aromatic rings. The van der Waals surface area contributed by atoms with Gasteiger partial charge in [-0.1, -0.05) is 6.07 Å². The van der Waals surface area contributed by atoms with E-state index in [4.69, 9.17) is 5.73 Å². The number of hydrogen-bond donors (Lipinski definition) is 1. The van der Waals surface area contributed by atoms with Crippen LogP contribution < -0.4 is 5.73 Å². The molecule has 2 rings (SSSR count). The Hall–Kier alpha value is -0.960. The van der Waals surface area contributed by atoms with Gasteiger partial charge in [-0.15, -0.1) is 0 Å². The van der Waals surface area contributed by atoms with Crippen molar-refractivity contribution < 1.29 is 8.78 Å². The summed E-state index contributed by atoms with van der Waals surface area (Å²) in [6, 6.07) is 3.84. The Balaban J connectivity index is 2.41.